The fourth-order valence-electron chi connectivity index (χ4n) is 7.07. The Hall–Kier alpha value is -2.95. The highest BCUT2D eigenvalue weighted by Gasteiger charge is 2.76. The number of benzene rings is 2. The van der Waals surface area contributed by atoms with E-state index in [1.54, 1.807) is 13.0 Å². The summed E-state index contributed by atoms with van der Waals surface area (Å²) >= 11 is 17.9. The number of nitrogens with zero attached hydrogens (tertiary/aromatic N) is 2. The van der Waals surface area contributed by atoms with E-state index in [1.165, 1.54) is 30.2 Å². The van der Waals surface area contributed by atoms with Gasteiger partial charge in [0.25, 0.3) is 11.8 Å². The van der Waals surface area contributed by atoms with Crippen LogP contribution in [-0.4, -0.2) is 57.0 Å². The van der Waals surface area contributed by atoms with Gasteiger partial charge in [-0.05, 0) is 83.6 Å². The summed E-state index contributed by atoms with van der Waals surface area (Å²) in [6.07, 6.45) is 1.90. The van der Waals surface area contributed by atoms with Crippen LogP contribution in [0.3, 0.4) is 0 Å². The molecule has 4 amide bonds. The van der Waals surface area contributed by atoms with E-state index in [-0.39, 0.29) is 52.9 Å². The van der Waals surface area contributed by atoms with Crippen molar-refractivity contribution >= 4 is 68.4 Å². The number of phenols is 1. The Morgan fingerprint density at radius 3 is 2.39 bits per heavy atom. The van der Waals surface area contributed by atoms with E-state index in [2.05, 4.69) is 15.9 Å². The monoisotopic (exact) mass is 664 g/mol. The topological polar surface area (TPSA) is 104 Å². The maximum atomic E-state index is 14.3. The van der Waals surface area contributed by atoms with Gasteiger partial charge in [-0.2, -0.15) is 0 Å². The Morgan fingerprint density at radius 2 is 1.76 bits per heavy atom. The fourth-order valence-corrected chi connectivity index (χ4v) is 8.46. The number of halogens is 4. The van der Waals surface area contributed by atoms with Crippen molar-refractivity contribution in [1.82, 2.24) is 4.90 Å². The molecule has 0 radical (unpaired) electrons. The van der Waals surface area contributed by atoms with Crippen LogP contribution in [0.15, 0.2) is 52.5 Å². The first kappa shape index (κ1) is 28.2. The van der Waals surface area contributed by atoms with Gasteiger partial charge in [-0.25, -0.2) is 9.29 Å². The first-order valence-corrected chi connectivity index (χ1v) is 14.6. The highest BCUT2D eigenvalue weighted by molar-refractivity contribution is 9.10. The van der Waals surface area contributed by atoms with Crippen LogP contribution in [0, 0.1) is 23.6 Å². The number of ether oxygens (including phenoxy) is 1. The van der Waals surface area contributed by atoms with Crippen molar-refractivity contribution in [3.63, 3.8) is 0 Å². The second kappa shape index (κ2) is 9.54. The zero-order valence-corrected chi connectivity index (χ0v) is 25.0. The predicted molar refractivity (Wildman–Crippen MR) is 151 cm³/mol. The SMILES string of the molecule is CCN1C(=O)[C@H]2[C@H](CC=C3[C@H]2C[C@@]2(Cl)C(=O)N(c4ccc(F)cc4)C(=O)[C@@]2(Cl)[C@H]3c2cc(Br)c(O)c(OC)c2)C1=O. The second-order valence-corrected chi connectivity index (χ2v) is 12.8. The number of likely N-dealkylation sites (tertiary alicyclic amines) is 1. The lowest BCUT2D eigenvalue weighted by molar-refractivity contribution is -0.140. The number of hydrogen-bond acceptors (Lipinski definition) is 6. The molecule has 2 heterocycles. The summed E-state index contributed by atoms with van der Waals surface area (Å²) < 4.78 is 19.4. The fraction of sp³-hybridized carbons (Fsp3) is 0.379. The molecule has 0 aromatic heterocycles. The Kier molecular flexibility index (Phi) is 6.56. The van der Waals surface area contributed by atoms with E-state index >= 15 is 0 Å². The molecule has 41 heavy (non-hydrogen) atoms. The molecular formula is C29H24BrCl2FN2O6. The Balaban J connectivity index is 1.59. The van der Waals surface area contributed by atoms with Crippen LogP contribution >= 0.6 is 39.1 Å². The smallest absolute Gasteiger partial charge is 0.258 e. The van der Waals surface area contributed by atoms with Crippen molar-refractivity contribution in [2.75, 3.05) is 18.6 Å². The van der Waals surface area contributed by atoms with Gasteiger partial charge in [0.05, 0.1) is 29.1 Å². The van der Waals surface area contributed by atoms with Crippen LogP contribution in [0.4, 0.5) is 10.1 Å². The van der Waals surface area contributed by atoms with E-state index in [4.69, 9.17) is 27.9 Å². The van der Waals surface area contributed by atoms with E-state index in [0.29, 0.717) is 11.1 Å². The molecule has 2 aromatic rings. The van der Waals surface area contributed by atoms with Crippen LogP contribution in [0.1, 0.15) is 31.2 Å². The van der Waals surface area contributed by atoms with Gasteiger partial charge in [0.2, 0.25) is 11.8 Å². The number of alkyl halides is 2. The van der Waals surface area contributed by atoms with Gasteiger partial charge < -0.3 is 9.84 Å². The van der Waals surface area contributed by atoms with Gasteiger partial charge in [0, 0.05) is 12.5 Å². The van der Waals surface area contributed by atoms with Crippen molar-refractivity contribution in [2.24, 2.45) is 17.8 Å². The number of carbonyl (C=O) groups excluding carboxylic acids is 4. The summed E-state index contributed by atoms with van der Waals surface area (Å²) in [5, 5.41) is 10.5. The summed E-state index contributed by atoms with van der Waals surface area (Å²) in [5.41, 5.74) is 1.11. The average molecular weight is 666 g/mol. The quantitative estimate of drug-likeness (QED) is 0.284. The molecule has 6 rings (SSSR count). The molecule has 1 saturated carbocycles. The summed E-state index contributed by atoms with van der Waals surface area (Å²) in [4.78, 5) is 53.1. The maximum Gasteiger partial charge on any atom is 0.258 e. The van der Waals surface area contributed by atoms with Gasteiger partial charge in [-0.15, -0.1) is 23.2 Å². The number of methoxy groups -OCH3 is 1. The molecule has 2 aromatic carbocycles. The van der Waals surface area contributed by atoms with Gasteiger partial charge in [-0.3, -0.25) is 24.1 Å². The van der Waals surface area contributed by atoms with E-state index in [0.717, 1.165) is 17.0 Å². The maximum absolute atomic E-state index is 14.3. The summed E-state index contributed by atoms with van der Waals surface area (Å²) in [6, 6.07) is 7.90. The molecule has 214 valence electrons. The predicted octanol–water partition coefficient (Wildman–Crippen LogP) is 4.89. The largest absolute Gasteiger partial charge is 0.503 e. The van der Waals surface area contributed by atoms with Gasteiger partial charge >= 0.3 is 0 Å². The van der Waals surface area contributed by atoms with Crippen molar-refractivity contribution in [1.29, 1.82) is 0 Å². The number of phenolic OH excluding ortho intramolecular Hbond substituents is 1. The van der Waals surface area contributed by atoms with Gasteiger partial charge in [0.1, 0.15) is 5.82 Å². The van der Waals surface area contributed by atoms with Crippen molar-refractivity contribution < 1.29 is 33.4 Å². The molecule has 1 N–H and O–H groups in total. The zero-order chi connectivity index (χ0) is 29.6. The van der Waals surface area contributed by atoms with E-state index < -0.39 is 51.1 Å². The third-order valence-corrected chi connectivity index (χ3v) is 10.9. The lowest BCUT2D eigenvalue weighted by Gasteiger charge is -2.50. The number of imide groups is 2. The first-order valence-electron chi connectivity index (χ1n) is 13.0. The summed E-state index contributed by atoms with van der Waals surface area (Å²) in [5.74, 6) is -6.03. The number of rotatable bonds is 4. The first-order chi connectivity index (χ1) is 19.4. The molecule has 2 aliphatic carbocycles. The molecule has 12 heteroatoms. The number of allylic oxidation sites excluding steroid dienone is 2. The van der Waals surface area contributed by atoms with Crippen molar-refractivity contribution in [3.8, 4) is 11.5 Å². The summed E-state index contributed by atoms with van der Waals surface area (Å²) in [6.45, 7) is 1.93. The Labute approximate surface area is 253 Å². The van der Waals surface area contributed by atoms with E-state index in [9.17, 15) is 28.7 Å². The number of carbonyl (C=O) groups is 4. The van der Waals surface area contributed by atoms with Crippen LogP contribution in [0.2, 0.25) is 0 Å². The normalized spacial score (nSPS) is 32.6. The van der Waals surface area contributed by atoms with Crippen LogP contribution in [-0.2, 0) is 19.2 Å². The van der Waals surface area contributed by atoms with Gasteiger partial charge in [0.15, 0.2) is 21.2 Å². The minimum Gasteiger partial charge on any atom is -0.503 e. The lowest BCUT2D eigenvalue weighted by atomic mass is 9.56. The third kappa shape index (κ3) is 3.63. The lowest BCUT2D eigenvalue weighted by Crippen LogP contribution is -2.60. The number of fused-ring (bicyclic) bond motifs is 4. The highest BCUT2D eigenvalue weighted by atomic mass is 79.9. The number of amides is 4. The molecule has 0 spiro atoms. The van der Waals surface area contributed by atoms with Crippen LogP contribution in [0.25, 0.3) is 0 Å². The molecule has 4 aliphatic rings. The zero-order valence-electron chi connectivity index (χ0n) is 21.9. The average Bonchev–Trinajstić information content (AvgIpc) is 3.28. The standard InChI is InChI=1S/C29H24BrCl2FN2O6/c1-3-34-24(37)17-9-8-16-18(21(17)25(34)38)12-28(31)26(39)35(15-6-4-14(33)5-7-15)27(40)29(28,32)22(16)13-10-19(30)23(36)20(11-13)41-2/h4-8,10-11,17-18,21-22,36H,3,9,12H2,1-2H3/t17-,18+,21-,22-,28+,29-/m0/s1. The molecule has 3 fully saturated rings. The molecule has 0 bridgehead atoms. The number of anilines is 1. The molecule has 6 atom stereocenters. The highest BCUT2D eigenvalue weighted by Crippen LogP contribution is 2.66. The Bertz CT molecular complexity index is 1570. The second-order valence-electron chi connectivity index (χ2n) is 10.7. The Morgan fingerprint density at radius 1 is 1.07 bits per heavy atom. The van der Waals surface area contributed by atoms with Gasteiger partial charge in [-0.1, -0.05) is 11.6 Å². The van der Waals surface area contributed by atoms with Crippen molar-refractivity contribution in [2.45, 2.75) is 35.4 Å². The minimum atomic E-state index is -2.08. The molecule has 8 nitrogen and oxygen atoms in total. The molecule has 2 saturated heterocycles. The molecular weight excluding hydrogens is 642 g/mol. The molecule has 2 aliphatic heterocycles. The van der Waals surface area contributed by atoms with Crippen molar-refractivity contribution in [3.05, 3.63) is 63.9 Å². The van der Waals surface area contributed by atoms with Crippen LogP contribution < -0.4 is 9.64 Å². The minimum absolute atomic E-state index is 0.0858. The number of hydrogen-bond donors (Lipinski definition) is 1. The summed E-state index contributed by atoms with van der Waals surface area (Å²) in [7, 11) is 1.37. The third-order valence-electron chi connectivity index (χ3n) is 8.91. The van der Waals surface area contributed by atoms with E-state index in [1.807, 2.05) is 6.08 Å². The molecule has 0 unspecified atom stereocenters. The number of aromatic hydroxyl groups is 1. The van der Waals surface area contributed by atoms with Crippen LogP contribution in [0.5, 0.6) is 11.5 Å².